The van der Waals surface area contributed by atoms with Crippen molar-refractivity contribution in [1.82, 2.24) is 14.7 Å². The molecule has 1 saturated heterocycles. The van der Waals surface area contributed by atoms with Gasteiger partial charge in [-0.3, -0.25) is 4.68 Å². The van der Waals surface area contributed by atoms with E-state index in [-0.39, 0.29) is 0 Å². The second kappa shape index (κ2) is 4.42. The van der Waals surface area contributed by atoms with Crippen molar-refractivity contribution >= 4 is 0 Å². The summed E-state index contributed by atoms with van der Waals surface area (Å²) in [4.78, 5) is 2.56. The van der Waals surface area contributed by atoms with Gasteiger partial charge in [-0.2, -0.15) is 5.10 Å². The van der Waals surface area contributed by atoms with Crippen molar-refractivity contribution in [2.24, 2.45) is 17.6 Å². The zero-order valence-electron chi connectivity index (χ0n) is 10.5. The number of likely N-dealkylation sites (tertiary alicyclic amines) is 1. The van der Waals surface area contributed by atoms with Crippen LogP contribution in [-0.2, 0) is 6.54 Å². The zero-order valence-corrected chi connectivity index (χ0v) is 10.5. The average Bonchev–Trinajstić information content (AvgIpc) is 2.95. The number of hydrogen-bond donors (Lipinski definition) is 1. The molecule has 0 amide bonds. The van der Waals surface area contributed by atoms with Crippen LogP contribution in [0.5, 0.6) is 0 Å². The molecule has 0 aromatic carbocycles. The molecule has 3 atom stereocenters. The fourth-order valence-electron chi connectivity index (χ4n) is 3.42. The Hall–Kier alpha value is -0.870. The van der Waals surface area contributed by atoms with Gasteiger partial charge in [-0.25, -0.2) is 0 Å². The predicted octanol–water partition coefficient (Wildman–Crippen LogP) is 0.861. The topological polar surface area (TPSA) is 47.1 Å². The van der Waals surface area contributed by atoms with Gasteiger partial charge in [0.2, 0.25) is 0 Å². The van der Waals surface area contributed by atoms with Crippen molar-refractivity contribution in [3.8, 4) is 0 Å². The number of rotatable bonds is 3. The quantitative estimate of drug-likeness (QED) is 0.844. The smallest absolute Gasteiger partial charge is 0.0536 e. The van der Waals surface area contributed by atoms with Crippen molar-refractivity contribution in [2.75, 3.05) is 19.6 Å². The van der Waals surface area contributed by atoms with Crippen molar-refractivity contribution in [3.63, 3.8) is 0 Å². The van der Waals surface area contributed by atoms with Crippen molar-refractivity contribution in [3.05, 3.63) is 18.0 Å². The maximum absolute atomic E-state index is 6.15. The molecule has 94 valence electrons. The van der Waals surface area contributed by atoms with E-state index in [2.05, 4.69) is 23.1 Å². The summed E-state index contributed by atoms with van der Waals surface area (Å²) in [7, 11) is 0. The van der Waals surface area contributed by atoms with E-state index in [1.165, 1.54) is 31.5 Å². The molecule has 2 aliphatic rings. The highest BCUT2D eigenvalue weighted by Crippen LogP contribution is 2.36. The van der Waals surface area contributed by atoms with Crippen LogP contribution in [0.4, 0.5) is 0 Å². The Bertz CT molecular complexity index is 387. The summed E-state index contributed by atoms with van der Waals surface area (Å²) in [5, 5.41) is 4.33. The molecule has 2 fully saturated rings. The number of aryl methyl sites for hydroxylation is 1. The molecule has 17 heavy (non-hydrogen) atoms. The molecule has 0 bridgehead atoms. The number of fused-ring (bicyclic) bond motifs is 1. The fraction of sp³-hybridized carbons (Fsp3) is 0.769. The molecule has 2 heterocycles. The molecule has 1 aromatic rings. The van der Waals surface area contributed by atoms with Crippen LogP contribution in [0.3, 0.4) is 0 Å². The molecule has 3 rings (SSSR count). The van der Waals surface area contributed by atoms with Gasteiger partial charge >= 0.3 is 0 Å². The Morgan fingerprint density at radius 3 is 2.94 bits per heavy atom. The van der Waals surface area contributed by atoms with E-state index in [9.17, 15) is 0 Å². The van der Waals surface area contributed by atoms with E-state index < -0.39 is 0 Å². The molecule has 4 heteroatoms. The lowest BCUT2D eigenvalue weighted by atomic mass is 9.98. The first-order valence-electron chi connectivity index (χ1n) is 6.69. The Morgan fingerprint density at radius 2 is 2.24 bits per heavy atom. The third-order valence-corrected chi connectivity index (χ3v) is 4.40. The summed E-state index contributed by atoms with van der Waals surface area (Å²) in [6.07, 6.45) is 6.61. The highest BCUT2D eigenvalue weighted by molar-refractivity contribution is 4.99. The molecule has 0 radical (unpaired) electrons. The molecule has 2 N–H and O–H groups in total. The molecule has 1 saturated carbocycles. The molecule has 3 unspecified atom stereocenters. The number of hydrogen-bond acceptors (Lipinski definition) is 3. The van der Waals surface area contributed by atoms with E-state index in [0.29, 0.717) is 6.04 Å². The molecule has 1 aliphatic carbocycles. The van der Waals surface area contributed by atoms with Gasteiger partial charge in [0.15, 0.2) is 0 Å². The minimum Gasteiger partial charge on any atom is -0.327 e. The van der Waals surface area contributed by atoms with Gasteiger partial charge in [-0.05, 0) is 37.2 Å². The predicted molar refractivity (Wildman–Crippen MR) is 67.6 cm³/mol. The van der Waals surface area contributed by atoms with E-state index in [0.717, 1.165) is 24.9 Å². The van der Waals surface area contributed by atoms with E-state index in [4.69, 9.17) is 5.73 Å². The highest BCUT2D eigenvalue weighted by atomic mass is 15.3. The highest BCUT2D eigenvalue weighted by Gasteiger charge is 2.40. The maximum atomic E-state index is 6.15. The lowest BCUT2D eigenvalue weighted by Crippen LogP contribution is -2.31. The summed E-state index contributed by atoms with van der Waals surface area (Å²) in [6.45, 7) is 6.65. The third kappa shape index (κ3) is 2.24. The molecular weight excluding hydrogens is 212 g/mol. The van der Waals surface area contributed by atoms with Crippen LogP contribution in [0.15, 0.2) is 12.4 Å². The van der Waals surface area contributed by atoms with Gasteiger partial charge in [0.25, 0.3) is 0 Å². The summed E-state index contributed by atoms with van der Waals surface area (Å²) in [6, 6.07) is 0.456. The van der Waals surface area contributed by atoms with Crippen LogP contribution in [-0.4, -0.2) is 40.4 Å². The van der Waals surface area contributed by atoms with Crippen LogP contribution in [0, 0.1) is 18.8 Å². The monoisotopic (exact) mass is 234 g/mol. The van der Waals surface area contributed by atoms with E-state index >= 15 is 0 Å². The van der Waals surface area contributed by atoms with Gasteiger partial charge in [-0.1, -0.05) is 0 Å². The van der Waals surface area contributed by atoms with Gasteiger partial charge in [0, 0.05) is 31.9 Å². The second-order valence-corrected chi connectivity index (χ2v) is 5.71. The molecule has 1 aliphatic heterocycles. The first-order valence-corrected chi connectivity index (χ1v) is 6.69. The third-order valence-electron chi connectivity index (χ3n) is 4.40. The minimum absolute atomic E-state index is 0.456. The maximum Gasteiger partial charge on any atom is 0.0536 e. The van der Waals surface area contributed by atoms with E-state index in [1.54, 1.807) is 0 Å². The Morgan fingerprint density at radius 1 is 1.35 bits per heavy atom. The summed E-state index contributed by atoms with van der Waals surface area (Å²) < 4.78 is 2.05. The van der Waals surface area contributed by atoms with Crippen LogP contribution in [0.1, 0.15) is 18.4 Å². The molecule has 1 aromatic heterocycles. The average molecular weight is 234 g/mol. The Kier molecular flexibility index (Phi) is 2.92. The SMILES string of the molecule is Cc1cnn(CCN2CC3CCC(N)C3C2)c1. The Labute approximate surface area is 103 Å². The van der Waals surface area contributed by atoms with Gasteiger partial charge in [-0.15, -0.1) is 0 Å². The van der Waals surface area contributed by atoms with Crippen molar-refractivity contribution < 1.29 is 0 Å². The second-order valence-electron chi connectivity index (χ2n) is 5.71. The normalized spacial score (nSPS) is 33.2. The number of aromatic nitrogens is 2. The standard InChI is InChI=1S/C13H22N4/c1-10-6-15-17(7-10)5-4-16-8-11-2-3-13(14)12(11)9-16/h6-7,11-13H,2-5,8-9,14H2,1H3. The Balaban J connectivity index is 1.51. The van der Waals surface area contributed by atoms with Gasteiger partial charge < -0.3 is 10.6 Å². The first-order chi connectivity index (χ1) is 8.22. The van der Waals surface area contributed by atoms with Crippen LogP contribution < -0.4 is 5.73 Å². The van der Waals surface area contributed by atoms with E-state index in [1.807, 2.05) is 10.9 Å². The zero-order chi connectivity index (χ0) is 11.8. The van der Waals surface area contributed by atoms with Crippen molar-refractivity contribution in [2.45, 2.75) is 32.4 Å². The summed E-state index contributed by atoms with van der Waals surface area (Å²) in [5.41, 5.74) is 7.39. The van der Waals surface area contributed by atoms with Crippen LogP contribution >= 0.6 is 0 Å². The van der Waals surface area contributed by atoms with Crippen LogP contribution in [0.2, 0.25) is 0 Å². The largest absolute Gasteiger partial charge is 0.327 e. The lowest BCUT2D eigenvalue weighted by molar-refractivity contribution is 0.288. The number of nitrogens with two attached hydrogens (primary N) is 1. The molecular formula is C13H22N4. The first kappa shape index (κ1) is 11.2. The fourth-order valence-corrected chi connectivity index (χ4v) is 3.42. The molecule has 4 nitrogen and oxygen atoms in total. The minimum atomic E-state index is 0.456. The summed E-state index contributed by atoms with van der Waals surface area (Å²) >= 11 is 0. The summed E-state index contributed by atoms with van der Waals surface area (Å²) in [5.74, 6) is 1.62. The lowest BCUT2D eigenvalue weighted by Gasteiger charge is -2.18. The number of nitrogens with zero attached hydrogens (tertiary/aromatic N) is 3. The van der Waals surface area contributed by atoms with Gasteiger partial charge in [0.05, 0.1) is 12.7 Å². The van der Waals surface area contributed by atoms with Crippen molar-refractivity contribution in [1.29, 1.82) is 0 Å². The molecule has 0 spiro atoms. The van der Waals surface area contributed by atoms with Crippen LogP contribution in [0.25, 0.3) is 0 Å². The van der Waals surface area contributed by atoms with Gasteiger partial charge in [0.1, 0.15) is 0 Å².